The number of pyridine rings is 2. The van der Waals surface area contributed by atoms with Crippen LogP contribution in [0.4, 0.5) is 10.2 Å². The fraction of sp³-hybridized carbons (Fsp3) is 0.522. The van der Waals surface area contributed by atoms with Crippen LogP contribution in [0.5, 0.6) is 0 Å². The van der Waals surface area contributed by atoms with Gasteiger partial charge in [0.15, 0.2) is 0 Å². The summed E-state index contributed by atoms with van der Waals surface area (Å²) in [6.07, 6.45) is 8.67. The van der Waals surface area contributed by atoms with Gasteiger partial charge < -0.3 is 11.1 Å². The number of carbonyl (C=O) groups is 1. The van der Waals surface area contributed by atoms with Crippen molar-refractivity contribution in [2.24, 2.45) is 23.5 Å². The highest BCUT2D eigenvalue weighted by Crippen LogP contribution is 2.50. The van der Waals surface area contributed by atoms with Gasteiger partial charge in [-0.3, -0.25) is 9.78 Å². The van der Waals surface area contributed by atoms with Crippen LogP contribution in [0.15, 0.2) is 24.4 Å². The van der Waals surface area contributed by atoms with Crippen LogP contribution in [0.25, 0.3) is 11.1 Å². The zero-order valence-electron chi connectivity index (χ0n) is 16.7. The van der Waals surface area contributed by atoms with Crippen molar-refractivity contribution < 1.29 is 9.18 Å². The molecule has 29 heavy (non-hydrogen) atoms. The van der Waals surface area contributed by atoms with Gasteiger partial charge in [0, 0.05) is 23.2 Å². The van der Waals surface area contributed by atoms with Crippen LogP contribution in [0.1, 0.15) is 55.7 Å². The molecule has 1 atom stereocenters. The predicted octanol–water partition coefficient (Wildman–Crippen LogP) is 4.17. The van der Waals surface area contributed by atoms with E-state index in [4.69, 9.17) is 5.73 Å². The van der Waals surface area contributed by atoms with Gasteiger partial charge in [0.1, 0.15) is 5.82 Å². The first-order chi connectivity index (χ1) is 14.0. The van der Waals surface area contributed by atoms with Gasteiger partial charge >= 0.3 is 0 Å². The summed E-state index contributed by atoms with van der Waals surface area (Å²) in [5.41, 5.74) is 9.44. The van der Waals surface area contributed by atoms with E-state index in [-0.39, 0.29) is 17.6 Å². The first-order valence-electron chi connectivity index (χ1n) is 10.7. The first-order valence-corrected chi connectivity index (χ1v) is 10.7. The maximum Gasteiger partial charge on any atom is 0.242 e. The molecule has 6 heteroatoms. The maximum absolute atomic E-state index is 14.9. The quantitative estimate of drug-likeness (QED) is 0.691. The van der Waals surface area contributed by atoms with Crippen molar-refractivity contribution in [2.75, 3.05) is 5.32 Å². The number of aryl methyl sites for hydroxylation is 1. The minimum Gasteiger partial charge on any atom is -0.320 e. The zero-order valence-corrected chi connectivity index (χ0v) is 16.7. The van der Waals surface area contributed by atoms with E-state index in [1.54, 1.807) is 12.1 Å². The third-order valence-electron chi connectivity index (χ3n) is 6.46. The smallest absolute Gasteiger partial charge is 0.242 e. The molecular formula is C23H27FN4O. The predicted molar refractivity (Wildman–Crippen MR) is 110 cm³/mol. The number of carbonyl (C=O) groups excluding carboxylic acids is 1. The molecule has 0 bridgehead atoms. The Labute approximate surface area is 170 Å². The molecule has 0 saturated heterocycles. The minimum absolute atomic E-state index is 0.214. The zero-order chi connectivity index (χ0) is 20.1. The van der Waals surface area contributed by atoms with E-state index in [2.05, 4.69) is 15.3 Å². The van der Waals surface area contributed by atoms with Crippen LogP contribution in [-0.2, 0) is 4.79 Å². The SMILES string of the molecule is Cc1cnc(C2CC2)c(-c2ccc(NC(=O)[C@@H](N)C(C3CC3)C3CC3)nc2F)c1. The van der Waals surface area contributed by atoms with Gasteiger partial charge in [-0.05, 0) is 87.0 Å². The molecule has 1 amide bonds. The standard InChI is InChI=1S/C23H27FN4O/c1-12-10-17(21(26-11-12)15-6-7-15)16-8-9-18(27-22(16)24)28-23(29)20(25)19(13-2-3-13)14-4-5-14/h8-11,13-15,19-20H,2-7,25H2,1H3,(H,27,28,29)/t20-/m0/s1. The van der Waals surface area contributed by atoms with Gasteiger partial charge in [-0.1, -0.05) is 0 Å². The summed E-state index contributed by atoms with van der Waals surface area (Å²) in [5, 5.41) is 2.74. The van der Waals surface area contributed by atoms with Crippen LogP contribution >= 0.6 is 0 Å². The van der Waals surface area contributed by atoms with Gasteiger partial charge in [-0.25, -0.2) is 4.98 Å². The summed E-state index contributed by atoms with van der Waals surface area (Å²) in [7, 11) is 0. The number of aromatic nitrogens is 2. The molecule has 0 spiro atoms. The van der Waals surface area contributed by atoms with Gasteiger partial charge in [0.2, 0.25) is 11.9 Å². The molecule has 0 radical (unpaired) electrons. The van der Waals surface area contributed by atoms with E-state index in [0.29, 0.717) is 23.3 Å². The van der Waals surface area contributed by atoms with Gasteiger partial charge in [-0.15, -0.1) is 0 Å². The van der Waals surface area contributed by atoms with E-state index in [9.17, 15) is 9.18 Å². The second kappa shape index (κ2) is 7.17. The van der Waals surface area contributed by atoms with Crippen LogP contribution in [-0.4, -0.2) is 21.9 Å². The summed E-state index contributed by atoms with van der Waals surface area (Å²) < 4.78 is 14.9. The Hall–Kier alpha value is -2.34. The van der Waals surface area contributed by atoms with Crippen LogP contribution < -0.4 is 11.1 Å². The molecule has 2 aromatic heterocycles. The fourth-order valence-electron chi connectivity index (χ4n) is 4.50. The third-order valence-corrected chi connectivity index (χ3v) is 6.46. The molecule has 3 aliphatic carbocycles. The van der Waals surface area contributed by atoms with E-state index < -0.39 is 12.0 Å². The maximum atomic E-state index is 14.9. The molecule has 3 fully saturated rings. The molecule has 152 valence electrons. The van der Waals surface area contributed by atoms with E-state index >= 15 is 0 Å². The molecule has 5 rings (SSSR count). The molecule has 3 saturated carbocycles. The Morgan fingerprint density at radius 3 is 2.41 bits per heavy atom. The number of amides is 1. The Bertz CT molecular complexity index is 938. The van der Waals surface area contributed by atoms with E-state index in [0.717, 1.165) is 55.3 Å². The molecule has 0 unspecified atom stereocenters. The molecule has 3 aliphatic rings. The lowest BCUT2D eigenvalue weighted by molar-refractivity contribution is -0.118. The number of anilines is 1. The number of halogens is 1. The molecule has 0 aromatic carbocycles. The lowest BCUT2D eigenvalue weighted by atomic mass is 9.89. The molecule has 3 N–H and O–H groups in total. The summed E-state index contributed by atoms with van der Waals surface area (Å²) in [4.78, 5) is 21.2. The summed E-state index contributed by atoms with van der Waals surface area (Å²) >= 11 is 0. The van der Waals surface area contributed by atoms with Crippen molar-refractivity contribution in [1.29, 1.82) is 0 Å². The minimum atomic E-state index is -0.591. The molecule has 0 aliphatic heterocycles. The number of nitrogens with two attached hydrogens (primary N) is 1. The van der Waals surface area contributed by atoms with Gasteiger partial charge in [0.25, 0.3) is 0 Å². The van der Waals surface area contributed by atoms with Crippen LogP contribution in [0.3, 0.4) is 0 Å². The summed E-state index contributed by atoms with van der Waals surface area (Å²) in [5.74, 6) is 1.17. The Morgan fingerprint density at radius 2 is 1.83 bits per heavy atom. The molecule has 2 aromatic rings. The Kier molecular flexibility index (Phi) is 4.62. The molecule has 2 heterocycles. The average molecular weight is 394 g/mol. The first kappa shape index (κ1) is 18.7. The highest BCUT2D eigenvalue weighted by molar-refractivity contribution is 5.94. The summed E-state index contributed by atoms with van der Waals surface area (Å²) in [6.45, 7) is 1.95. The largest absolute Gasteiger partial charge is 0.320 e. The lowest BCUT2D eigenvalue weighted by Gasteiger charge is -2.22. The highest BCUT2D eigenvalue weighted by Gasteiger charge is 2.46. The van der Waals surface area contributed by atoms with Gasteiger partial charge in [-0.2, -0.15) is 4.39 Å². The topological polar surface area (TPSA) is 80.9 Å². The van der Waals surface area contributed by atoms with E-state index in [1.807, 2.05) is 19.2 Å². The number of hydrogen-bond acceptors (Lipinski definition) is 4. The normalized spacial score (nSPS) is 20.0. The van der Waals surface area contributed by atoms with Crippen molar-refractivity contribution in [2.45, 2.75) is 57.4 Å². The number of hydrogen-bond donors (Lipinski definition) is 2. The van der Waals surface area contributed by atoms with Crippen LogP contribution in [0.2, 0.25) is 0 Å². The van der Waals surface area contributed by atoms with Crippen molar-refractivity contribution in [3.8, 4) is 11.1 Å². The third kappa shape index (κ3) is 3.90. The number of nitrogens with one attached hydrogen (secondary N) is 1. The Morgan fingerprint density at radius 1 is 1.14 bits per heavy atom. The second-order valence-corrected chi connectivity index (χ2v) is 9.02. The molecular weight excluding hydrogens is 367 g/mol. The van der Waals surface area contributed by atoms with Gasteiger partial charge in [0.05, 0.1) is 11.7 Å². The second-order valence-electron chi connectivity index (χ2n) is 9.02. The van der Waals surface area contributed by atoms with Crippen molar-refractivity contribution in [3.05, 3.63) is 41.6 Å². The lowest BCUT2D eigenvalue weighted by Crippen LogP contribution is -2.44. The monoisotopic (exact) mass is 394 g/mol. The summed E-state index contributed by atoms with van der Waals surface area (Å²) in [6, 6.07) is 4.75. The Balaban J connectivity index is 1.35. The fourth-order valence-corrected chi connectivity index (χ4v) is 4.50. The van der Waals surface area contributed by atoms with E-state index in [1.165, 1.54) is 0 Å². The molecule has 5 nitrogen and oxygen atoms in total. The van der Waals surface area contributed by atoms with Crippen molar-refractivity contribution in [1.82, 2.24) is 9.97 Å². The number of rotatable bonds is 7. The highest BCUT2D eigenvalue weighted by atomic mass is 19.1. The van der Waals surface area contributed by atoms with Crippen molar-refractivity contribution >= 4 is 11.7 Å². The van der Waals surface area contributed by atoms with Crippen LogP contribution in [0, 0.1) is 30.6 Å². The number of nitrogens with zero attached hydrogens (tertiary/aromatic N) is 2. The van der Waals surface area contributed by atoms with Crippen molar-refractivity contribution in [3.63, 3.8) is 0 Å². The average Bonchev–Trinajstić information content (AvgIpc) is 3.55.